The van der Waals surface area contributed by atoms with Crippen LogP contribution in [0.4, 0.5) is 10.2 Å². The Morgan fingerprint density at radius 2 is 1.85 bits per heavy atom. The summed E-state index contributed by atoms with van der Waals surface area (Å²) >= 11 is 0. The fraction of sp³-hybridized carbons (Fsp3) is 0.438. The molecule has 2 saturated heterocycles. The Morgan fingerprint density at radius 3 is 2.50 bits per heavy atom. The minimum absolute atomic E-state index is 0.0363. The molecule has 0 aliphatic carbocycles. The number of hydrogen-bond acceptors (Lipinski definition) is 6. The van der Waals surface area contributed by atoms with E-state index in [4.69, 9.17) is 0 Å². The number of aromatic hydroxyl groups is 1. The van der Waals surface area contributed by atoms with Gasteiger partial charge in [0.25, 0.3) is 5.91 Å². The number of likely N-dealkylation sites (tertiary alicyclic amines) is 1. The van der Waals surface area contributed by atoms with Crippen molar-refractivity contribution in [3.8, 4) is 5.75 Å². The number of benzene rings is 1. The molecule has 0 atom stereocenters. The maximum Gasteiger partial charge on any atom is 0.253 e. The number of rotatable bonds is 9. The average molecular weight is 548 g/mol. The molecule has 0 unspecified atom stereocenters. The molecule has 214 valence electrons. The average Bonchev–Trinajstić information content (AvgIpc) is 2.95. The molecule has 1 aromatic heterocycles. The largest absolute Gasteiger partial charge is 0.504 e. The Hall–Kier alpha value is -3.49. The Labute approximate surface area is 237 Å². The number of nitrogens with one attached hydrogen (secondary N) is 1. The predicted octanol–water partition coefficient (Wildman–Crippen LogP) is 4.99. The summed E-state index contributed by atoms with van der Waals surface area (Å²) in [5.41, 5.74) is 4.31. The molecule has 2 fully saturated rings. The number of piperazine rings is 1. The molecule has 2 aromatic rings. The second-order valence-electron chi connectivity index (χ2n) is 11.0. The summed E-state index contributed by atoms with van der Waals surface area (Å²) in [5, 5.41) is 13.6. The number of carbonyl (C=O) groups is 1. The van der Waals surface area contributed by atoms with Crippen LogP contribution in [0.15, 0.2) is 72.2 Å². The van der Waals surface area contributed by atoms with E-state index in [9.17, 15) is 14.3 Å². The summed E-state index contributed by atoms with van der Waals surface area (Å²) in [4.78, 5) is 24.2. The van der Waals surface area contributed by atoms with Crippen LogP contribution in [0, 0.1) is 6.92 Å². The fourth-order valence-electron chi connectivity index (χ4n) is 5.42. The predicted molar refractivity (Wildman–Crippen MR) is 159 cm³/mol. The maximum atomic E-state index is 13.2. The standard InChI is InChI=1S/C32H42FN5O2/c1-23-6-5-7-27(18-23)20-35-32(40)28-19-30(39)31(34-21-28)38-16-14-37(15-17-38)29-10-12-36(13-11-29)22-24(2)8-9-25(3)26(4)33/h5-9,18-19,21,29,39H,4,10-17,20,22H2,1-3H3,(H,35,40)/b24-8+,25-9-. The van der Waals surface area contributed by atoms with Crippen LogP contribution in [0.3, 0.4) is 0 Å². The molecule has 0 saturated carbocycles. The lowest BCUT2D eigenvalue weighted by molar-refractivity contribution is 0.0950. The number of amides is 1. The number of nitrogens with zero attached hydrogens (tertiary/aromatic N) is 4. The van der Waals surface area contributed by atoms with Gasteiger partial charge in [0.2, 0.25) is 0 Å². The first kappa shape index (κ1) is 29.5. The van der Waals surface area contributed by atoms with Crippen LogP contribution in [0.5, 0.6) is 5.75 Å². The summed E-state index contributed by atoms with van der Waals surface area (Å²) in [6, 6.07) is 10.1. The zero-order valence-electron chi connectivity index (χ0n) is 24.0. The highest BCUT2D eigenvalue weighted by Gasteiger charge is 2.28. The second-order valence-corrected chi connectivity index (χ2v) is 11.0. The number of hydrogen-bond donors (Lipinski definition) is 2. The van der Waals surface area contributed by atoms with Crippen molar-refractivity contribution in [3.05, 3.63) is 88.9 Å². The van der Waals surface area contributed by atoms with Gasteiger partial charge in [-0.25, -0.2) is 9.37 Å². The zero-order valence-corrected chi connectivity index (χ0v) is 24.0. The topological polar surface area (TPSA) is 71.9 Å². The third-order valence-electron chi connectivity index (χ3n) is 7.85. The van der Waals surface area contributed by atoms with Gasteiger partial charge >= 0.3 is 0 Å². The van der Waals surface area contributed by atoms with Gasteiger partial charge in [-0.05, 0) is 63.9 Å². The fourth-order valence-corrected chi connectivity index (χ4v) is 5.42. The van der Waals surface area contributed by atoms with Crippen LogP contribution in [0.1, 0.15) is 48.2 Å². The van der Waals surface area contributed by atoms with E-state index in [2.05, 4.69) is 38.5 Å². The van der Waals surface area contributed by atoms with Gasteiger partial charge in [0.05, 0.1) is 5.56 Å². The normalized spacial score (nSPS) is 18.1. The van der Waals surface area contributed by atoms with Crippen molar-refractivity contribution in [3.63, 3.8) is 0 Å². The van der Waals surface area contributed by atoms with Gasteiger partial charge in [-0.2, -0.15) is 0 Å². The lowest BCUT2D eigenvalue weighted by Gasteiger charge is -2.43. The van der Waals surface area contributed by atoms with Gasteiger partial charge in [0.1, 0.15) is 5.83 Å². The van der Waals surface area contributed by atoms with Crippen LogP contribution < -0.4 is 10.2 Å². The monoisotopic (exact) mass is 547 g/mol. The number of piperidine rings is 1. The Kier molecular flexibility index (Phi) is 10.1. The van der Waals surface area contributed by atoms with E-state index in [0.29, 0.717) is 29.5 Å². The summed E-state index contributed by atoms with van der Waals surface area (Å²) < 4.78 is 13.2. The zero-order chi connectivity index (χ0) is 28.6. The molecular formula is C32H42FN5O2. The van der Waals surface area contributed by atoms with Crippen molar-refractivity contribution in [1.82, 2.24) is 20.1 Å². The quantitative estimate of drug-likeness (QED) is 0.431. The van der Waals surface area contributed by atoms with Crippen molar-refractivity contribution < 1.29 is 14.3 Å². The number of aryl methyl sites for hydroxylation is 1. The molecule has 1 amide bonds. The molecule has 0 radical (unpaired) electrons. The van der Waals surface area contributed by atoms with E-state index in [1.165, 1.54) is 11.6 Å². The van der Waals surface area contributed by atoms with E-state index < -0.39 is 0 Å². The molecule has 0 spiro atoms. The second kappa shape index (κ2) is 13.7. The third kappa shape index (κ3) is 8.02. The Balaban J connectivity index is 1.23. The number of aromatic nitrogens is 1. The van der Waals surface area contributed by atoms with Crippen molar-refractivity contribution in [2.75, 3.05) is 50.7 Å². The number of carbonyl (C=O) groups excluding carboxylic acids is 1. The van der Waals surface area contributed by atoms with Crippen molar-refractivity contribution in [2.24, 2.45) is 0 Å². The Bertz CT molecular complexity index is 1260. The van der Waals surface area contributed by atoms with Crippen LogP contribution in [0.2, 0.25) is 0 Å². The molecule has 40 heavy (non-hydrogen) atoms. The highest BCUT2D eigenvalue weighted by Crippen LogP contribution is 2.28. The van der Waals surface area contributed by atoms with Gasteiger partial charge in [-0.15, -0.1) is 0 Å². The van der Waals surface area contributed by atoms with E-state index in [1.54, 1.807) is 19.2 Å². The summed E-state index contributed by atoms with van der Waals surface area (Å²) in [6.45, 7) is 16.0. The van der Waals surface area contributed by atoms with Crippen molar-refractivity contribution in [2.45, 2.75) is 46.2 Å². The van der Waals surface area contributed by atoms with Gasteiger partial charge in [0, 0.05) is 51.5 Å². The molecule has 8 heteroatoms. The smallest absolute Gasteiger partial charge is 0.253 e. The van der Waals surface area contributed by atoms with E-state index >= 15 is 0 Å². The molecule has 2 aliphatic heterocycles. The molecule has 2 N–H and O–H groups in total. The minimum atomic E-state index is -0.384. The first-order valence-corrected chi connectivity index (χ1v) is 14.1. The number of anilines is 1. The van der Waals surface area contributed by atoms with Gasteiger partial charge in [-0.3, -0.25) is 14.6 Å². The van der Waals surface area contributed by atoms with Crippen LogP contribution in [-0.2, 0) is 6.54 Å². The van der Waals surface area contributed by atoms with Crippen molar-refractivity contribution >= 4 is 11.7 Å². The SMILES string of the molecule is C=C(F)/C(C)=C\C=C(/C)CN1CCC(N2CCN(c3ncc(C(=O)NCc4cccc(C)c4)cc3O)CC2)CC1. The molecular weight excluding hydrogens is 505 g/mol. The van der Waals surface area contributed by atoms with Crippen molar-refractivity contribution in [1.29, 1.82) is 0 Å². The Morgan fingerprint density at radius 1 is 1.12 bits per heavy atom. The van der Waals surface area contributed by atoms with Gasteiger partial charge in [0.15, 0.2) is 11.6 Å². The highest BCUT2D eigenvalue weighted by atomic mass is 19.1. The first-order chi connectivity index (χ1) is 19.2. The highest BCUT2D eigenvalue weighted by molar-refractivity contribution is 5.94. The lowest BCUT2D eigenvalue weighted by atomic mass is 10.0. The number of halogens is 1. The molecule has 2 aliphatic rings. The van der Waals surface area contributed by atoms with Crippen LogP contribution in [-0.4, -0.2) is 77.7 Å². The van der Waals surface area contributed by atoms with Crippen LogP contribution >= 0.6 is 0 Å². The first-order valence-electron chi connectivity index (χ1n) is 14.1. The molecule has 1 aromatic carbocycles. The molecule has 0 bridgehead atoms. The molecule has 3 heterocycles. The summed E-state index contributed by atoms with van der Waals surface area (Å²) in [6.07, 6.45) is 7.58. The third-order valence-corrected chi connectivity index (χ3v) is 7.85. The van der Waals surface area contributed by atoms with E-state index in [0.717, 1.165) is 69.8 Å². The summed E-state index contributed by atoms with van der Waals surface area (Å²) in [7, 11) is 0. The van der Waals surface area contributed by atoms with Gasteiger partial charge in [-0.1, -0.05) is 54.1 Å². The van der Waals surface area contributed by atoms with E-state index in [1.807, 2.05) is 37.3 Å². The van der Waals surface area contributed by atoms with Crippen LogP contribution in [0.25, 0.3) is 0 Å². The minimum Gasteiger partial charge on any atom is -0.504 e. The van der Waals surface area contributed by atoms with Gasteiger partial charge < -0.3 is 15.3 Å². The lowest BCUT2D eigenvalue weighted by Crippen LogP contribution is -2.53. The van der Waals surface area contributed by atoms with E-state index in [-0.39, 0.29) is 17.5 Å². The summed E-state index contributed by atoms with van der Waals surface area (Å²) in [5.74, 6) is -0.0678. The molecule has 7 nitrogen and oxygen atoms in total. The number of allylic oxidation sites excluding steroid dienone is 4. The maximum absolute atomic E-state index is 13.2. The molecule has 4 rings (SSSR count). The number of pyridine rings is 1.